The Labute approximate surface area is 112 Å². The average Bonchev–Trinajstić information content (AvgIpc) is 2.42. The first-order chi connectivity index (χ1) is 9.13. The predicted molar refractivity (Wildman–Crippen MR) is 69.8 cm³/mol. The van der Waals surface area contributed by atoms with E-state index < -0.39 is 5.82 Å². The topological polar surface area (TPSA) is 64.8 Å². The van der Waals surface area contributed by atoms with Crippen molar-refractivity contribution in [3.05, 3.63) is 29.6 Å². The lowest BCUT2D eigenvalue weighted by Crippen LogP contribution is -2.37. The van der Waals surface area contributed by atoms with Crippen molar-refractivity contribution in [2.45, 2.75) is 0 Å². The number of hydrogen-bond acceptors (Lipinski definition) is 4. The van der Waals surface area contributed by atoms with E-state index in [2.05, 4.69) is 0 Å². The number of carbonyl (C=O) groups is 1. The van der Waals surface area contributed by atoms with Crippen LogP contribution in [0, 0.1) is 5.82 Å². The fraction of sp³-hybridized carbons (Fsp3) is 0.462. The van der Waals surface area contributed by atoms with Gasteiger partial charge in [-0.3, -0.25) is 4.79 Å². The lowest BCUT2D eigenvalue weighted by atomic mass is 10.2. The van der Waals surface area contributed by atoms with Crippen LogP contribution in [-0.2, 0) is 4.74 Å². The molecule has 0 heterocycles. The smallest absolute Gasteiger partial charge is 0.254 e. The lowest BCUT2D eigenvalue weighted by molar-refractivity contribution is 0.0701. The second-order valence-electron chi connectivity index (χ2n) is 3.92. The molecule has 1 aromatic carbocycles. The van der Waals surface area contributed by atoms with Crippen LogP contribution in [0.5, 0.6) is 5.75 Å². The molecule has 0 atom stereocenters. The fourth-order valence-corrected chi connectivity index (χ4v) is 1.65. The minimum Gasteiger partial charge on any atom is -0.494 e. The van der Waals surface area contributed by atoms with E-state index >= 15 is 0 Å². The molecule has 1 amide bonds. The third-order valence-corrected chi connectivity index (χ3v) is 2.65. The van der Waals surface area contributed by atoms with Gasteiger partial charge in [0, 0.05) is 32.3 Å². The maximum absolute atomic E-state index is 13.6. The zero-order valence-electron chi connectivity index (χ0n) is 11.2. The van der Waals surface area contributed by atoms with Crippen LogP contribution in [-0.4, -0.2) is 51.3 Å². The van der Waals surface area contributed by atoms with Crippen molar-refractivity contribution in [3.8, 4) is 5.75 Å². The summed E-state index contributed by atoms with van der Waals surface area (Å²) in [5.41, 5.74) is 5.73. The van der Waals surface area contributed by atoms with Crippen molar-refractivity contribution in [3.63, 3.8) is 0 Å². The molecule has 0 aliphatic heterocycles. The van der Waals surface area contributed by atoms with Gasteiger partial charge in [-0.2, -0.15) is 0 Å². The van der Waals surface area contributed by atoms with E-state index in [0.29, 0.717) is 26.2 Å². The molecule has 1 aromatic rings. The van der Waals surface area contributed by atoms with E-state index in [-0.39, 0.29) is 17.2 Å². The predicted octanol–water partition coefficient (Wildman–Crippen LogP) is 0.882. The Morgan fingerprint density at radius 1 is 1.37 bits per heavy atom. The summed E-state index contributed by atoms with van der Waals surface area (Å²) in [6.07, 6.45) is 0. The maximum Gasteiger partial charge on any atom is 0.254 e. The standard InChI is InChI=1S/C13H19FN2O3/c1-18-8-7-16(6-5-15)13(17)10-3-4-12(19-2)11(14)9-10/h3-4,9H,5-8,15H2,1-2H3. The van der Waals surface area contributed by atoms with Crippen LogP contribution in [0.15, 0.2) is 18.2 Å². The first-order valence-electron chi connectivity index (χ1n) is 5.95. The molecule has 0 radical (unpaired) electrons. The molecule has 0 aromatic heterocycles. The van der Waals surface area contributed by atoms with Gasteiger partial charge in [0.05, 0.1) is 13.7 Å². The van der Waals surface area contributed by atoms with Crippen molar-refractivity contribution in [2.75, 3.05) is 40.5 Å². The van der Waals surface area contributed by atoms with Gasteiger partial charge in [0.15, 0.2) is 11.6 Å². The third-order valence-electron chi connectivity index (χ3n) is 2.65. The highest BCUT2D eigenvalue weighted by atomic mass is 19.1. The summed E-state index contributed by atoms with van der Waals surface area (Å²) in [6.45, 7) is 1.56. The first kappa shape index (κ1) is 15.4. The Hall–Kier alpha value is -1.66. The first-order valence-corrected chi connectivity index (χ1v) is 5.95. The third kappa shape index (κ3) is 4.18. The SMILES string of the molecule is COCCN(CCN)C(=O)c1ccc(OC)c(F)c1. The molecule has 0 bridgehead atoms. The largest absolute Gasteiger partial charge is 0.494 e. The molecule has 0 aliphatic rings. The Kier molecular flexibility index (Phi) is 6.24. The molecule has 106 valence electrons. The minimum absolute atomic E-state index is 0.110. The van der Waals surface area contributed by atoms with Crippen LogP contribution in [0.2, 0.25) is 0 Å². The molecule has 6 heteroatoms. The highest BCUT2D eigenvalue weighted by Crippen LogP contribution is 2.18. The highest BCUT2D eigenvalue weighted by Gasteiger charge is 2.16. The number of carbonyl (C=O) groups excluding carboxylic acids is 1. The molecular formula is C13H19FN2O3. The zero-order chi connectivity index (χ0) is 14.3. The highest BCUT2D eigenvalue weighted by molar-refractivity contribution is 5.94. The summed E-state index contributed by atoms with van der Waals surface area (Å²) in [7, 11) is 2.93. The van der Waals surface area contributed by atoms with Crippen LogP contribution in [0.1, 0.15) is 10.4 Å². The Balaban J connectivity index is 2.86. The van der Waals surface area contributed by atoms with Crippen molar-refractivity contribution >= 4 is 5.91 Å². The van der Waals surface area contributed by atoms with Crippen LogP contribution < -0.4 is 10.5 Å². The van der Waals surface area contributed by atoms with Gasteiger partial charge in [-0.15, -0.1) is 0 Å². The summed E-state index contributed by atoms with van der Waals surface area (Å²) in [5, 5.41) is 0. The summed E-state index contributed by atoms with van der Waals surface area (Å²) < 4.78 is 23.3. The second-order valence-corrected chi connectivity index (χ2v) is 3.92. The number of hydrogen-bond donors (Lipinski definition) is 1. The van der Waals surface area contributed by atoms with Gasteiger partial charge in [0.1, 0.15) is 0 Å². The molecule has 0 saturated heterocycles. The second kappa shape index (κ2) is 7.70. The van der Waals surface area contributed by atoms with Crippen LogP contribution in [0.25, 0.3) is 0 Å². The molecule has 0 unspecified atom stereocenters. The van der Waals surface area contributed by atoms with E-state index in [1.807, 2.05) is 0 Å². The Morgan fingerprint density at radius 3 is 2.63 bits per heavy atom. The van der Waals surface area contributed by atoms with E-state index in [4.69, 9.17) is 15.2 Å². The van der Waals surface area contributed by atoms with E-state index in [1.165, 1.54) is 24.1 Å². The molecular weight excluding hydrogens is 251 g/mol. The van der Waals surface area contributed by atoms with Gasteiger partial charge < -0.3 is 20.1 Å². The fourth-order valence-electron chi connectivity index (χ4n) is 1.65. The van der Waals surface area contributed by atoms with Crippen molar-refractivity contribution < 1.29 is 18.7 Å². The van der Waals surface area contributed by atoms with E-state index in [0.717, 1.165) is 6.07 Å². The van der Waals surface area contributed by atoms with Crippen molar-refractivity contribution in [1.82, 2.24) is 4.90 Å². The summed E-state index contributed by atoms with van der Waals surface area (Å²) >= 11 is 0. The monoisotopic (exact) mass is 270 g/mol. The molecule has 19 heavy (non-hydrogen) atoms. The number of halogens is 1. The van der Waals surface area contributed by atoms with Gasteiger partial charge in [-0.1, -0.05) is 0 Å². The van der Waals surface area contributed by atoms with E-state index in [1.54, 1.807) is 7.11 Å². The Bertz CT molecular complexity index is 426. The number of nitrogens with zero attached hydrogens (tertiary/aromatic N) is 1. The van der Waals surface area contributed by atoms with Crippen molar-refractivity contribution in [2.24, 2.45) is 5.73 Å². The molecule has 0 spiro atoms. The lowest BCUT2D eigenvalue weighted by Gasteiger charge is -2.21. The number of ether oxygens (including phenoxy) is 2. The Morgan fingerprint density at radius 2 is 2.11 bits per heavy atom. The average molecular weight is 270 g/mol. The molecule has 0 aliphatic carbocycles. The van der Waals surface area contributed by atoms with Crippen LogP contribution in [0.4, 0.5) is 4.39 Å². The molecule has 5 nitrogen and oxygen atoms in total. The zero-order valence-corrected chi connectivity index (χ0v) is 11.2. The molecule has 1 rings (SSSR count). The van der Waals surface area contributed by atoms with Gasteiger partial charge >= 0.3 is 0 Å². The van der Waals surface area contributed by atoms with Gasteiger partial charge in [0.2, 0.25) is 0 Å². The number of nitrogens with two attached hydrogens (primary N) is 1. The summed E-state index contributed by atoms with van der Waals surface area (Å²) in [6, 6.07) is 4.12. The normalized spacial score (nSPS) is 10.3. The maximum atomic E-state index is 13.6. The van der Waals surface area contributed by atoms with Crippen LogP contribution >= 0.6 is 0 Å². The quantitative estimate of drug-likeness (QED) is 0.799. The van der Waals surface area contributed by atoms with Crippen LogP contribution in [0.3, 0.4) is 0 Å². The van der Waals surface area contributed by atoms with E-state index in [9.17, 15) is 9.18 Å². The van der Waals surface area contributed by atoms with Gasteiger partial charge in [-0.05, 0) is 18.2 Å². The number of methoxy groups -OCH3 is 2. The molecule has 2 N–H and O–H groups in total. The van der Waals surface area contributed by atoms with Gasteiger partial charge in [-0.25, -0.2) is 4.39 Å². The molecule has 0 fully saturated rings. The number of amides is 1. The summed E-state index contributed by atoms with van der Waals surface area (Å²) in [5.74, 6) is -0.726. The minimum atomic E-state index is -0.562. The summed E-state index contributed by atoms with van der Waals surface area (Å²) in [4.78, 5) is 13.7. The molecule has 0 saturated carbocycles. The number of rotatable bonds is 7. The van der Waals surface area contributed by atoms with Gasteiger partial charge in [0.25, 0.3) is 5.91 Å². The number of benzene rings is 1. The van der Waals surface area contributed by atoms with Crippen molar-refractivity contribution in [1.29, 1.82) is 0 Å².